The minimum Gasteiger partial charge on any atom is -0.339 e. The number of rotatable bonds is 2. The first-order chi connectivity index (χ1) is 6.34. The smallest absolute Gasteiger partial charge is 0.152 e. The fourth-order valence-electron chi connectivity index (χ4n) is 1.15. The molecule has 3 nitrogen and oxygen atoms in total. The molecular weight excluding hydrogens is 162 g/mol. The first-order valence-corrected chi connectivity index (χ1v) is 4.19. The second-order valence-corrected chi connectivity index (χ2v) is 2.93. The van der Waals surface area contributed by atoms with Crippen LogP contribution in [-0.2, 0) is 0 Å². The molecule has 0 spiro atoms. The molecule has 1 heterocycles. The van der Waals surface area contributed by atoms with Crippen molar-refractivity contribution in [2.75, 3.05) is 5.32 Å². The van der Waals surface area contributed by atoms with Crippen LogP contribution >= 0.6 is 0 Å². The Morgan fingerprint density at radius 2 is 2.00 bits per heavy atom. The molecule has 0 fully saturated rings. The second-order valence-electron chi connectivity index (χ2n) is 2.93. The summed E-state index contributed by atoms with van der Waals surface area (Å²) in [7, 11) is 0. The maximum Gasteiger partial charge on any atom is 0.152 e. The monoisotopic (exact) mass is 173 g/mol. The zero-order valence-corrected chi connectivity index (χ0v) is 7.41. The molecule has 0 aliphatic carbocycles. The summed E-state index contributed by atoms with van der Waals surface area (Å²) in [5.41, 5.74) is 2.10. The Morgan fingerprint density at radius 1 is 1.23 bits per heavy atom. The van der Waals surface area contributed by atoms with Gasteiger partial charge in [0.05, 0.1) is 0 Å². The third-order valence-electron chi connectivity index (χ3n) is 1.75. The van der Waals surface area contributed by atoms with Gasteiger partial charge in [0.25, 0.3) is 0 Å². The van der Waals surface area contributed by atoms with Crippen molar-refractivity contribution < 1.29 is 0 Å². The van der Waals surface area contributed by atoms with Crippen molar-refractivity contribution >= 4 is 11.5 Å². The van der Waals surface area contributed by atoms with Gasteiger partial charge in [-0.25, -0.2) is 0 Å². The van der Waals surface area contributed by atoms with E-state index in [0.29, 0.717) is 0 Å². The average Bonchev–Trinajstić information content (AvgIpc) is 2.53. The molecule has 2 N–H and O–H groups in total. The van der Waals surface area contributed by atoms with Crippen molar-refractivity contribution in [1.29, 1.82) is 0 Å². The molecule has 1 aromatic heterocycles. The Morgan fingerprint density at radius 3 is 2.62 bits per heavy atom. The molecule has 0 aliphatic heterocycles. The third kappa shape index (κ3) is 1.87. The van der Waals surface area contributed by atoms with Gasteiger partial charge < -0.3 is 5.32 Å². The van der Waals surface area contributed by atoms with Crippen molar-refractivity contribution in [1.82, 2.24) is 10.2 Å². The number of hydrogen-bond donors (Lipinski definition) is 2. The molecule has 13 heavy (non-hydrogen) atoms. The van der Waals surface area contributed by atoms with Crippen LogP contribution < -0.4 is 5.32 Å². The maximum absolute atomic E-state index is 4.07. The van der Waals surface area contributed by atoms with E-state index in [0.717, 1.165) is 17.2 Å². The number of aromatic nitrogens is 2. The lowest BCUT2D eigenvalue weighted by Gasteiger charge is -2.00. The molecule has 2 rings (SSSR count). The SMILES string of the molecule is Cc1cc(Nc2ccccc2)n[nH]1. The summed E-state index contributed by atoms with van der Waals surface area (Å²) in [5.74, 6) is 0.851. The molecule has 0 radical (unpaired) electrons. The first kappa shape index (κ1) is 7.86. The Bertz CT molecular complexity index is 378. The molecule has 0 bridgehead atoms. The number of benzene rings is 1. The topological polar surface area (TPSA) is 40.7 Å². The lowest BCUT2D eigenvalue weighted by molar-refractivity contribution is 1.05. The van der Waals surface area contributed by atoms with Crippen LogP contribution in [0.25, 0.3) is 0 Å². The van der Waals surface area contributed by atoms with Crippen molar-refractivity contribution in [3.8, 4) is 0 Å². The molecule has 0 unspecified atom stereocenters. The van der Waals surface area contributed by atoms with Gasteiger partial charge in [-0.15, -0.1) is 0 Å². The normalized spacial score (nSPS) is 9.92. The van der Waals surface area contributed by atoms with Crippen molar-refractivity contribution in [2.45, 2.75) is 6.92 Å². The zero-order valence-electron chi connectivity index (χ0n) is 7.41. The predicted molar refractivity (Wildman–Crippen MR) is 53.0 cm³/mol. The number of nitrogens with one attached hydrogen (secondary N) is 2. The van der Waals surface area contributed by atoms with E-state index in [1.807, 2.05) is 43.3 Å². The summed E-state index contributed by atoms with van der Waals surface area (Å²) in [6.07, 6.45) is 0. The quantitative estimate of drug-likeness (QED) is 0.732. The van der Waals surface area contributed by atoms with Gasteiger partial charge in [0, 0.05) is 17.4 Å². The number of aromatic amines is 1. The standard InChI is InChI=1S/C10H11N3/c1-8-7-10(13-12-8)11-9-5-3-2-4-6-9/h2-7H,1H3,(H2,11,12,13). The molecule has 0 saturated carbocycles. The minimum absolute atomic E-state index is 0.851. The molecule has 1 aromatic carbocycles. The van der Waals surface area contributed by atoms with Crippen LogP contribution in [0.5, 0.6) is 0 Å². The summed E-state index contributed by atoms with van der Waals surface area (Å²) in [4.78, 5) is 0. The Balaban J connectivity index is 2.15. The van der Waals surface area contributed by atoms with E-state index in [9.17, 15) is 0 Å². The number of aryl methyl sites for hydroxylation is 1. The fourth-order valence-corrected chi connectivity index (χ4v) is 1.15. The van der Waals surface area contributed by atoms with Crippen LogP contribution in [0.4, 0.5) is 11.5 Å². The van der Waals surface area contributed by atoms with Crippen LogP contribution in [0, 0.1) is 6.92 Å². The Hall–Kier alpha value is -1.77. The molecule has 0 amide bonds. The molecule has 0 saturated heterocycles. The van der Waals surface area contributed by atoms with Gasteiger partial charge in [0.15, 0.2) is 5.82 Å². The van der Waals surface area contributed by atoms with Gasteiger partial charge in [-0.05, 0) is 19.1 Å². The van der Waals surface area contributed by atoms with Crippen molar-refractivity contribution in [3.63, 3.8) is 0 Å². The largest absolute Gasteiger partial charge is 0.339 e. The van der Waals surface area contributed by atoms with Crippen LogP contribution in [0.3, 0.4) is 0 Å². The van der Waals surface area contributed by atoms with Crippen LogP contribution in [-0.4, -0.2) is 10.2 Å². The fraction of sp³-hybridized carbons (Fsp3) is 0.100. The lowest BCUT2D eigenvalue weighted by atomic mass is 10.3. The summed E-state index contributed by atoms with van der Waals surface area (Å²) < 4.78 is 0. The van der Waals surface area contributed by atoms with E-state index in [1.54, 1.807) is 0 Å². The van der Waals surface area contributed by atoms with Gasteiger partial charge in [0.2, 0.25) is 0 Å². The van der Waals surface area contributed by atoms with Crippen molar-refractivity contribution in [2.24, 2.45) is 0 Å². The number of H-pyrrole nitrogens is 1. The number of hydrogen-bond acceptors (Lipinski definition) is 2. The van der Waals surface area contributed by atoms with Crippen molar-refractivity contribution in [3.05, 3.63) is 42.1 Å². The van der Waals surface area contributed by atoms with Gasteiger partial charge in [0.1, 0.15) is 0 Å². The maximum atomic E-state index is 4.07. The van der Waals surface area contributed by atoms with Crippen LogP contribution in [0.2, 0.25) is 0 Å². The van der Waals surface area contributed by atoms with E-state index in [-0.39, 0.29) is 0 Å². The molecule has 3 heteroatoms. The average molecular weight is 173 g/mol. The second kappa shape index (κ2) is 3.31. The number of para-hydroxylation sites is 1. The predicted octanol–water partition coefficient (Wildman–Crippen LogP) is 2.46. The number of nitrogens with zero attached hydrogens (tertiary/aromatic N) is 1. The molecule has 66 valence electrons. The van der Waals surface area contributed by atoms with Gasteiger partial charge >= 0.3 is 0 Å². The summed E-state index contributed by atoms with van der Waals surface area (Å²) in [5, 5.41) is 10.1. The first-order valence-electron chi connectivity index (χ1n) is 4.19. The highest BCUT2D eigenvalue weighted by Crippen LogP contribution is 2.13. The summed E-state index contributed by atoms with van der Waals surface area (Å²) in [6, 6.07) is 11.9. The van der Waals surface area contributed by atoms with Crippen LogP contribution in [0.1, 0.15) is 5.69 Å². The van der Waals surface area contributed by atoms with Gasteiger partial charge in [-0.3, -0.25) is 5.10 Å². The molecule has 0 atom stereocenters. The van der Waals surface area contributed by atoms with E-state index < -0.39 is 0 Å². The zero-order chi connectivity index (χ0) is 9.10. The third-order valence-corrected chi connectivity index (χ3v) is 1.75. The van der Waals surface area contributed by atoms with Gasteiger partial charge in [-0.2, -0.15) is 5.10 Å². The Kier molecular flexibility index (Phi) is 2.00. The summed E-state index contributed by atoms with van der Waals surface area (Å²) in [6.45, 7) is 1.98. The molecule has 2 aromatic rings. The highest BCUT2D eigenvalue weighted by atomic mass is 15.2. The molecule has 0 aliphatic rings. The molecular formula is C10H11N3. The Labute approximate surface area is 76.8 Å². The van der Waals surface area contributed by atoms with Gasteiger partial charge in [-0.1, -0.05) is 18.2 Å². The van der Waals surface area contributed by atoms with E-state index in [4.69, 9.17) is 0 Å². The van der Waals surface area contributed by atoms with E-state index in [1.165, 1.54) is 0 Å². The highest BCUT2D eigenvalue weighted by Gasteiger charge is 1.96. The minimum atomic E-state index is 0.851. The summed E-state index contributed by atoms with van der Waals surface area (Å²) >= 11 is 0. The number of anilines is 2. The lowest BCUT2D eigenvalue weighted by Crippen LogP contribution is -1.88. The van der Waals surface area contributed by atoms with E-state index in [2.05, 4.69) is 15.5 Å². The highest BCUT2D eigenvalue weighted by molar-refractivity contribution is 5.55. The van der Waals surface area contributed by atoms with E-state index >= 15 is 0 Å². The van der Waals surface area contributed by atoms with Crippen LogP contribution in [0.15, 0.2) is 36.4 Å².